The van der Waals surface area contributed by atoms with E-state index >= 15 is 0 Å². The Hall–Kier alpha value is -1.06. The first kappa shape index (κ1) is 12.9. The summed E-state index contributed by atoms with van der Waals surface area (Å²) in [4.78, 5) is 2.51. The number of likely N-dealkylation sites (tertiary alicyclic amines) is 1. The second-order valence-corrected chi connectivity index (χ2v) is 6.02. The summed E-state index contributed by atoms with van der Waals surface area (Å²) in [5.74, 6) is 1.76. The molecule has 0 saturated carbocycles. The molecule has 1 aromatic carbocycles. The molecule has 1 fully saturated rings. The third-order valence-corrected chi connectivity index (χ3v) is 4.57. The quantitative estimate of drug-likeness (QED) is 0.901. The van der Waals surface area contributed by atoms with Crippen LogP contribution in [-0.4, -0.2) is 37.2 Å². The van der Waals surface area contributed by atoms with E-state index in [1.807, 2.05) is 0 Å². The van der Waals surface area contributed by atoms with Crippen LogP contribution < -0.4 is 10.5 Å². The molecular weight excluding hydrogens is 236 g/mol. The molecule has 2 unspecified atom stereocenters. The van der Waals surface area contributed by atoms with Crippen molar-refractivity contribution in [2.45, 2.75) is 32.2 Å². The summed E-state index contributed by atoms with van der Waals surface area (Å²) in [6.07, 6.45) is 3.42. The number of ether oxygens (including phenoxy) is 1. The Labute approximate surface area is 115 Å². The maximum atomic E-state index is 6.15. The van der Waals surface area contributed by atoms with Crippen molar-refractivity contribution in [1.82, 2.24) is 4.90 Å². The lowest BCUT2D eigenvalue weighted by Crippen LogP contribution is -2.48. The summed E-state index contributed by atoms with van der Waals surface area (Å²) in [5, 5.41) is 0. The van der Waals surface area contributed by atoms with E-state index in [1.165, 1.54) is 24.1 Å². The van der Waals surface area contributed by atoms with E-state index in [-0.39, 0.29) is 0 Å². The van der Waals surface area contributed by atoms with E-state index in [4.69, 9.17) is 10.5 Å². The van der Waals surface area contributed by atoms with Gasteiger partial charge in [-0.15, -0.1) is 0 Å². The van der Waals surface area contributed by atoms with Gasteiger partial charge in [-0.1, -0.05) is 19.1 Å². The lowest BCUT2D eigenvalue weighted by molar-refractivity contribution is 0.170. The van der Waals surface area contributed by atoms with Crippen LogP contribution in [0.4, 0.5) is 0 Å². The molecule has 0 aromatic heterocycles. The fraction of sp³-hybridized carbons (Fsp3) is 0.625. The first-order chi connectivity index (χ1) is 9.22. The third kappa shape index (κ3) is 2.93. The molecule has 2 aliphatic heterocycles. The molecule has 2 heterocycles. The van der Waals surface area contributed by atoms with Crippen molar-refractivity contribution >= 4 is 0 Å². The molecule has 104 valence electrons. The van der Waals surface area contributed by atoms with Gasteiger partial charge in [0, 0.05) is 25.6 Å². The summed E-state index contributed by atoms with van der Waals surface area (Å²) in [6.45, 7) is 6.48. The summed E-state index contributed by atoms with van der Waals surface area (Å²) in [5.41, 5.74) is 8.96. The number of piperidine rings is 1. The molecule has 19 heavy (non-hydrogen) atoms. The highest BCUT2D eigenvalue weighted by Gasteiger charge is 2.22. The average Bonchev–Trinajstić information content (AvgIpc) is 2.87. The molecule has 2 N–H and O–H groups in total. The summed E-state index contributed by atoms with van der Waals surface area (Å²) in [6, 6.07) is 7.00. The van der Waals surface area contributed by atoms with Crippen molar-refractivity contribution in [2.75, 3.05) is 26.2 Å². The Balaban J connectivity index is 1.55. The van der Waals surface area contributed by atoms with Gasteiger partial charge in [0.25, 0.3) is 0 Å². The van der Waals surface area contributed by atoms with Gasteiger partial charge in [-0.3, -0.25) is 0 Å². The van der Waals surface area contributed by atoms with Gasteiger partial charge in [-0.05, 0) is 42.5 Å². The Morgan fingerprint density at radius 1 is 1.42 bits per heavy atom. The molecule has 0 spiro atoms. The van der Waals surface area contributed by atoms with Gasteiger partial charge < -0.3 is 15.4 Å². The Bertz CT molecular complexity index is 446. The number of benzene rings is 1. The van der Waals surface area contributed by atoms with Crippen LogP contribution in [0.15, 0.2) is 18.2 Å². The monoisotopic (exact) mass is 260 g/mol. The topological polar surface area (TPSA) is 38.5 Å². The number of hydrogen-bond donors (Lipinski definition) is 1. The molecule has 3 heteroatoms. The van der Waals surface area contributed by atoms with Gasteiger partial charge in [0.2, 0.25) is 0 Å². The fourth-order valence-corrected chi connectivity index (χ4v) is 3.06. The zero-order valence-electron chi connectivity index (χ0n) is 11.8. The van der Waals surface area contributed by atoms with Gasteiger partial charge in [-0.25, -0.2) is 0 Å². The number of rotatable bonds is 3. The average molecular weight is 260 g/mol. The minimum atomic E-state index is 0.349. The van der Waals surface area contributed by atoms with Crippen molar-refractivity contribution in [1.29, 1.82) is 0 Å². The summed E-state index contributed by atoms with van der Waals surface area (Å²) >= 11 is 0. The van der Waals surface area contributed by atoms with Gasteiger partial charge in [-0.2, -0.15) is 0 Å². The van der Waals surface area contributed by atoms with Crippen molar-refractivity contribution in [2.24, 2.45) is 11.7 Å². The van der Waals surface area contributed by atoms with Crippen LogP contribution in [-0.2, 0) is 12.8 Å². The molecule has 1 aromatic rings. The Kier molecular flexibility index (Phi) is 3.76. The van der Waals surface area contributed by atoms with E-state index < -0.39 is 0 Å². The molecule has 0 radical (unpaired) electrons. The predicted molar refractivity (Wildman–Crippen MR) is 77.5 cm³/mol. The van der Waals surface area contributed by atoms with Gasteiger partial charge >= 0.3 is 0 Å². The zero-order chi connectivity index (χ0) is 13.2. The highest BCUT2D eigenvalue weighted by molar-refractivity contribution is 5.39. The summed E-state index contributed by atoms with van der Waals surface area (Å²) in [7, 11) is 0. The number of nitrogens with two attached hydrogens (primary N) is 1. The maximum Gasteiger partial charge on any atom is 0.122 e. The molecule has 3 rings (SSSR count). The normalized spacial score (nSPS) is 27.1. The Morgan fingerprint density at radius 3 is 3.16 bits per heavy atom. The van der Waals surface area contributed by atoms with Gasteiger partial charge in [0.05, 0.1) is 6.61 Å². The van der Waals surface area contributed by atoms with Crippen LogP contribution >= 0.6 is 0 Å². The predicted octanol–water partition coefficient (Wildman–Crippen LogP) is 1.83. The highest BCUT2D eigenvalue weighted by Crippen LogP contribution is 2.26. The number of hydrogen-bond acceptors (Lipinski definition) is 3. The third-order valence-electron chi connectivity index (χ3n) is 4.57. The molecule has 0 aliphatic carbocycles. The summed E-state index contributed by atoms with van der Waals surface area (Å²) < 4.78 is 5.55. The van der Waals surface area contributed by atoms with E-state index in [2.05, 4.69) is 30.0 Å². The van der Waals surface area contributed by atoms with Crippen LogP contribution in [0.5, 0.6) is 5.75 Å². The van der Waals surface area contributed by atoms with Gasteiger partial charge in [0.1, 0.15) is 5.75 Å². The molecular formula is C16H24N2O. The van der Waals surface area contributed by atoms with E-state index in [1.54, 1.807) is 0 Å². The minimum absolute atomic E-state index is 0.349. The van der Waals surface area contributed by atoms with E-state index in [0.29, 0.717) is 12.0 Å². The van der Waals surface area contributed by atoms with Crippen molar-refractivity contribution < 1.29 is 4.74 Å². The van der Waals surface area contributed by atoms with Crippen LogP contribution in [0.25, 0.3) is 0 Å². The molecule has 0 bridgehead atoms. The second-order valence-electron chi connectivity index (χ2n) is 6.02. The number of fused-ring (bicyclic) bond motifs is 1. The second kappa shape index (κ2) is 5.51. The van der Waals surface area contributed by atoms with Crippen molar-refractivity contribution in [3.63, 3.8) is 0 Å². The maximum absolute atomic E-state index is 6.15. The molecule has 2 aliphatic rings. The molecule has 2 atom stereocenters. The van der Waals surface area contributed by atoms with Crippen molar-refractivity contribution in [3.8, 4) is 5.75 Å². The number of nitrogens with zero attached hydrogens (tertiary/aromatic N) is 1. The smallest absolute Gasteiger partial charge is 0.122 e. The first-order valence-electron chi connectivity index (χ1n) is 7.45. The zero-order valence-corrected chi connectivity index (χ0v) is 11.8. The lowest BCUT2D eigenvalue weighted by Gasteiger charge is -2.35. The van der Waals surface area contributed by atoms with Crippen LogP contribution in [0.1, 0.15) is 24.5 Å². The largest absolute Gasteiger partial charge is 0.493 e. The van der Waals surface area contributed by atoms with Crippen molar-refractivity contribution in [3.05, 3.63) is 29.3 Å². The van der Waals surface area contributed by atoms with E-state index in [9.17, 15) is 0 Å². The van der Waals surface area contributed by atoms with Crippen LogP contribution in [0.3, 0.4) is 0 Å². The highest BCUT2D eigenvalue weighted by atomic mass is 16.5. The SMILES string of the molecule is CC1CCN(CCc2ccc3c(c2)CCO3)CC1N. The van der Waals surface area contributed by atoms with Gasteiger partial charge in [0.15, 0.2) is 0 Å². The fourth-order valence-electron chi connectivity index (χ4n) is 3.06. The van der Waals surface area contributed by atoms with Crippen LogP contribution in [0.2, 0.25) is 0 Å². The molecule has 0 amide bonds. The minimum Gasteiger partial charge on any atom is -0.493 e. The molecule has 1 saturated heterocycles. The standard InChI is InChI=1S/C16H24N2O/c1-12-4-7-18(11-15(12)17)8-5-13-2-3-16-14(10-13)6-9-19-16/h2-3,10,12,15H,4-9,11,17H2,1H3. The van der Waals surface area contributed by atoms with E-state index in [0.717, 1.165) is 38.3 Å². The Morgan fingerprint density at radius 2 is 2.32 bits per heavy atom. The molecule has 3 nitrogen and oxygen atoms in total. The lowest BCUT2D eigenvalue weighted by atomic mass is 9.94. The van der Waals surface area contributed by atoms with Crippen LogP contribution in [0, 0.1) is 5.92 Å². The first-order valence-corrected chi connectivity index (χ1v) is 7.45.